The van der Waals surface area contributed by atoms with Crippen LogP contribution in [0.4, 0.5) is 0 Å². The lowest BCUT2D eigenvalue weighted by Gasteiger charge is -2.46. The van der Waals surface area contributed by atoms with Crippen molar-refractivity contribution in [3.63, 3.8) is 0 Å². The van der Waals surface area contributed by atoms with Crippen molar-refractivity contribution in [3.8, 4) is 0 Å². The van der Waals surface area contributed by atoms with Crippen molar-refractivity contribution in [1.82, 2.24) is 0 Å². The van der Waals surface area contributed by atoms with Gasteiger partial charge in [-0.2, -0.15) is 0 Å². The topological polar surface area (TPSA) is 74.6 Å². The van der Waals surface area contributed by atoms with Gasteiger partial charge in [0.05, 0.1) is 10.8 Å². The van der Waals surface area contributed by atoms with Crippen LogP contribution in [-0.2, 0) is 9.59 Å². The van der Waals surface area contributed by atoms with Crippen LogP contribution in [0.3, 0.4) is 0 Å². The van der Waals surface area contributed by atoms with Crippen molar-refractivity contribution in [2.24, 2.45) is 10.8 Å². The van der Waals surface area contributed by atoms with E-state index in [4.69, 9.17) is 0 Å². The molecule has 0 aliphatic heterocycles. The van der Waals surface area contributed by atoms with Crippen LogP contribution in [0.25, 0.3) is 0 Å². The molecule has 0 spiro atoms. The lowest BCUT2D eigenvalue weighted by atomic mass is 9.54. The van der Waals surface area contributed by atoms with E-state index in [1.54, 1.807) is 0 Å². The summed E-state index contributed by atoms with van der Waals surface area (Å²) in [5, 5.41) is 20.1. The zero-order valence-electron chi connectivity index (χ0n) is 16.8. The molecule has 2 unspecified atom stereocenters. The van der Waals surface area contributed by atoms with E-state index in [1.165, 1.54) is 32.1 Å². The number of unbranched alkanes of at least 4 members (excludes halogenated alkanes) is 8. The van der Waals surface area contributed by atoms with E-state index in [2.05, 4.69) is 6.92 Å². The summed E-state index contributed by atoms with van der Waals surface area (Å²) in [6.45, 7) is 4.23. The van der Waals surface area contributed by atoms with Crippen LogP contribution in [-0.4, -0.2) is 22.2 Å². The highest BCUT2D eigenvalue weighted by Crippen LogP contribution is 2.55. The zero-order chi connectivity index (χ0) is 19.5. The van der Waals surface area contributed by atoms with E-state index < -0.39 is 22.8 Å². The minimum atomic E-state index is -1.16. The Hall–Kier alpha value is -1.32. The molecule has 0 aromatic heterocycles. The van der Waals surface area contributed by atoms with Crippen LogP contribution in [0.1, 0.15) is 104 Å². The lowest BCUT2D eigenvalue weighted by molar-refractivity contribution is -0.177. The Bertz CT molecular complexity index is 471. The highest BCUT2D eigenvalue weighted by atomic mass is 16.4. The standard InChI is InChI=1S/C22H38O4/c1-3-5-7-8-9-10-11-12-16-22(20(25)26)18-14-13-17-21(22,19(23)24)15-6-4-2/h13-14H,3-12,15-18H2,1-2H3,(H,23,24)(H,25,26). The van der Waals surface area contributed by atoms with E-state index in [1.807, 2.05) is 19.1 Å². The molecule has 26 heavy (non-hydrogen) atoms. The van der Waals surface area contributed by atoms with Crippen LogP contribution in [0, 0.1) is 10.8 Å². The molecular formula is C22H38O4. The van der Waals surface area contributed by atoms with Crippen molar-refractivity contribution < 1.29 is 19.8 Å². The molecule has 2 atom stereocenters. The van der Waals surface area contributed by atoms with Crippen molar-refractivity contribution in [3.05, 3.63) is 12.2 Å². The Morgan fingerprint density at radius 1 is 0.692 bits per heavy atom. The smallest absolute Gasteiger partial charge is 0.311 e. The largest absolute Gasteiger partial charge is 0.481 e. The van der Waals surface area contributed by atoms with Gasteiger partial charge >= 0.3 is 11.9 Å². The number of carboxylic acid groups (broad SMARTS) is 2. The summed E-state index contributed by atoms with van der Waals surface area (Å²) < 4.78 is 0. The van der Waals surface area contributed by atoms with Crippen LogP contribution in [0.5, 0.6) is 0 Å². The molecule has 4 nitrogen and oxygen atoms in total. The highest BCUT2D eigenvalue weighted by Gasteiger charge is 2.60. The molecule has 150 valence electrons. The summed E-state index contributed by atoms with van der Waals surface area (Å²) in [5.41, 5.74) is -2.32. The van der Waals surface area contributed by atoms with Crippen molar-refractivity contribution in [2.45, 2.75) is 104 Å². The van der Waals surface area contributed by atoms with E-state index >= 15 is 0 Å². The predicted molar refractivity (Wildman–Crippen MR) is 105 cm³/mol. The monoisotopic (exact) mass is 366 g/mol. The van der Waals surface area contributed by atoms with Crippen LogP contribution in [0.2, 0.25) is 0 Å². The second-order valence-corrected chi connectivity index (χ2v) is 7.98. The van der Waals surface area contributed by atoms with Crippen molar-refractivity contribution >= 4 is 11.9 Å². The van der Waals surface area contributed by atoms with Crippen LogP contribution >= 0.6 is 0 Å². The molecule has 0 radical (unpaired) electrons. The summed E-state index contributed by atoms with van der Waals surface area (Å²) >= 11 is 0. The molecule has 0 aromatic carbocycles. The molecule has 1 aliphatic rings. The van der Waals surface area contributed by atoms with E-state index in [-0.39, 0.29) is 0 Å². The number of aliphatic carboxylic acids is 2. The summed E-state index contributed by atoms with van der Waals surface area (Å²) in [6, 6.07) is 0. The van der Waals surface area contributed by atoms with Gasteiger partial charge in [0.2, 0.25) is 0 Å². The average molecular weight is 367 g/mol. The van der Waals surface area contributed by atoms with Gasteiger partial charge in [-0.3, -0.25) is 9.59 Å². The second kappa shape index (κ2) is 11.4. The maximum absolute atomic E-state index is 12.3. The van der Waals surface area contributed by atoms with Gasteiger partial charge in [-0.1, -0.05) is 90.2 Å². The molecular weight excluding hydrogens is 328 g/mol. The van der Waals surface area contributed by atoms with E-state index in [9.17, 15) is 19.8 Å². The molecule has 0 saturated carbocycles. The second-order valence-electron chi connectivity index (χ2n) is 7.98. The lowest BCUT2D eigenvalue weighted by Crippen LogP contribution is -2.53. The molecule has 1 rings (SSSR count). The van der Waals surface area contributed by atoms with Gasteiger partial charge in [-0.25, -0.2) is 0 Å². The summed E-state index contributed by atoms with van der Waals surface area (Å²) in [4.78, 5) is 24.5. The van der Waals surface area contributed by atoms with E-state index in [0.717, 1.165) is 32.1 Å². The number of allylic oxidation sites excluding steroid dienone is 2. The first-order chi connectivity index (χ1) is 12.5. The molecule has 1 aliphatic carbocycles. The number of hydrogen-bond donors (Lipinski definition) is 2. The summed E-state index contributed by atoms with van der Waals surface area (Å²) in [6.07, 6.45) is 16.1. The normalized spacial score (nSPS) is 25.3. The Morgan fingerprint density at radius 3 is 1.50 bits per heavy atom. The van der Waals surface area contributed by atoms with Gasteiger partial charge in [0, 0.05) is 0 Å². The van der Waals surface area contributed by atoms with Gasteiger partial charge in [-0.05, 0) is 25.7 Å². The third-order valence-electron chi connectivity index (χ3n) is 6.25. The fourth-order valence-corrected chi connectivity index (χ4v) is 4.48. The third kappa shape index (κ3) is 5.34. The zero-order valence-corrected chi connectivity index (χ0v) is 16.8. The molecule has 4 heteroatoms. The fourth-order valence-electron chi connectivity index (χ4n) is 4.48. The number of carbonyl (C=O) groups is 2. The quantitative estimate of drug-likeness (QED) is 0.283. The SMILES string of the molecule is CCCCCCCCCCC1(C(=O)O)CC=CCC1(CCCC)C(=O)O. The first-order valence-corrected chi connectivity index (χ1v) is 10.6. The first-order valence-electron chi connectivity index (χ1n) is 10.6. The van der Waals surface area contributed by atoms with Crippen molar-refractivity contribution in [1.29, 1.82) is 0 Å². The Kier molecular flexibility index (Phi) is 9.97. The Labute approximate surface area is 159 Å². The van der Waals surface area contributed by atoms with Gasteiger partial charge < -0.3 is 10.2 Å². The maximum Gasteiger partial charge on any atom is 0.311 e. The molecule has 0 fully saturated rings. The van der Waals surface area contributed by atoms with Gasteiger partial charge in [0.25, 0.3) is 0 Å². The van der Waals surface area contributed by atoms with Gasteiger partial charge in [0.15, 0.2) is 0 Å². The van der Waals surface area contributed by atoms with Gasteiger partial charge in [-0.15, -0.1) is 0 Å². The molecule has 0 saturated heterocycles. The van der Waals surface area contributed by atoms with Crippen LogP contribution < -0.4 is 0 Å². The number of carboxylic acids is 2. The Morgan fingerprint density at radius 2 is 1.08 bits per heavy atom. The number of hydrogen-bond acceptors (Lipinski definition) is 2. The average Bonchev–Trinajstić information content (AvgIpc) is 2.62. The minimum absolute atomic E-state index is 0.339. The van der Waals surface area contributed by atoms with Crippen molar-refractivity contribution in [2.75, 3.05) is 0 Å². The van der Waals surface area contributed by atoms with E-state index in [0.29, 0.717) is 25.7 Å². The summed E-state index contributed by atoms with van der Waals surface area (Å²) in [5.74, 6) is -1.86. The Balaban J connectivity index is 2.76. The summed E-state index contributed by atoms with van der Waals surface area (Å²) in [7, 11) is 0. The molecule has 0 amide bonds. The fraction of sp³-hybridized carbons (Fsp3) is 0.818. The van der Waals surface area contributed by atoms with Crippen LogP contribution in [0.15, 0.2) is 12.2 Å². The maximum atomic E-state index is 12.3. The van der Waals surface area contributed by atoms with Gasteiger partial charge in [0.1, 0.15) is 0 Å². The minimum Gasteiger partial charge on any atom is -0.481 e. The highest BCUT2D eigenvalue weighted by molar-refractivity contribution is 5.87. The first kappa shape index (κ1) is 22.7. The molecule has 0 aromatic rings. The molecule has 2 N–H and O–H groups in total. The molecule has 0 bridgehead atoms. The third-order valence-corrected chi connectivity index (χ3v) is 6.25. The molecule has 0 heterocycles. The predicted octanol–water partition coefficient (Wildman–Crippen LogP) is 6.20. The number of rotatable bonds is 14.